The second-order valence-corrected chi connectivity index (χ2v) is 11.0. The molecule has 0 saturated heterocycles. The number of hydrogen-bond donors (Lipinski definition) is 1. The zero-order valence-electron chi connectivity index (χ0n) is 23.6. The Kier molecular flexibility index (Phi) is 30.3. The van der Waals surface area contributed by atoms with Gasteiger partial charge in [0.2, 0.25) is 0 Å². The van der Waals surface area contributed by atoms with Crippen molar-refractivity contribution in [3.63, 3.8) is 0 Å². The van der Waals surface area contributed by atoms with Crippen molar-refractivity contribution in [1.29, 1.82) is 0 Å². The van der Waals surface area contributed by atoms with Gasteiger partial charge in [0, 0.05) is 19.4 Å². The lowest BCUT2D eigenvalue weighted by atomic mass is 10.0. The molecule has 0 aliphatic heterocycles. The highest BCUT2D eigenvalue weighted by Crippen LogP contribution is 2.15. The molecule has 0 saturated carbocycles. The van der Waals surface area contributed by atoms with Gasteiger partial charge < -0.3 is 5.11 Å². The summed E-state index contributed by atoms with van der Waals surface area (Å²) < 4.78 is 0. The van der Waals surface area contributed by atoms with E-state index in [9.17, 15) is 4.79 Å². The van der Waals surface area contributed by atoms with Crippen LogP contribution in [0.15, 0.2) is 0 Å². The molecule has 0 fully saturated rings. The minimum absolute atomic E-state index is 0.362. The van der Waals surface area contributed by atoms with E-state index in [1.54, 1.807) is 0 Å². The first-order chi connectivity index (χ1) is 16.8. The molecule has 2 heteroatoms. The Morgan fingerprint density at radius 1 is 0.382 bits per heavy atom. The molecule has 1 N–H and O–H groups in total. The van der Waals surface area contributed by atoms with E-state index < -0.39 is 0 Å². The van der Waals surface area contributed by atoms with Crippen LogP contribution in [0, 0.1) is 0 Å². The van der Waals surface area contributed by atoms with Crippen LogP contribution in [0.25, 0.3) is 0 Å². The summed E-state index contributed by atoms with van der Waals surface area (Å²) in [7, 11) is 0. The first-order valence-electron chi connectivity index (χ1n) is 15.9. The fourth-order valence-corrected chi connectivity index (χ4v) is 5.02. The van der Waals surface area contributed by atoms with E-state index >= 15 is 0 Å². The van der Waals surface area contributed by atoms with Crippen LogP contribution in [0.3, 0.4) is 0 Å². The minimum Gasteiger partial charge on any atom is -0.396 e. The molecule has 0 aromatic carbocycles. The van der Waals surface area contributed by atoms with Crippen LogP contribution in [0.2, 0.25) is 0 Å². The third-order valence-electron chi connectivity index (χ3n) is 7.42. The minimum atomic E-state index is 0.362. The second-order valence-electron chi connectivity index (χ2n) is 11.0. The average Bonchev–Trinajstić information content (AvgIpc) is 2.84. The normalized spacial score (nSPS) is 11.4. The number of aliphatic hydroxyl groups excluding tert-OH is 1. The third kappa shape index (κ3) is 29.7. The molecule has 0 radical (unpaired) electrons. The smallest absolute Gasteiger partial charge is 0.132 e. The second kappa shape index (κ2) is 30.7. The molecule has 0 atom stereocenters. The number of Topliss-reactive ketones (excluding diaryl/α,β-unsaturated/α-hetero) is 1. The SMILES string of the molecule is CCCCCCCCCCCCC(=O)CCCCCCCCCCCCCCCCCCCO. The van der Waals surface area contributed by atoms with Gasteiger partial charge in [-0.1, -0.05) is 161 Å². The Hall–Kier alpha value is -0.370. The number of ketones is 1. The van der Waals surface area contributed by atoms with Gasteiger partial charge in [-0.2, -0.15) is 0 Å². The Balaban J connectivity index is 3.12. The number of hydrogen-bond acceptors (Lipinski definition) is 2. The molecule has 0 bridgehead atoms. The number of unbranched alkanes of at least 4 members (excludes halogenated alkanes) is 25. The van der Waals surface area contributed by atoms with Gasteiger partial charge in [-0.3, -0.25) is 4.79 Å². The molecule has 0 aliphatic rings. The van der Waals surface area contributed by atoms with Crippen molar-refractivity contribution in [2.75, 3.05) is 6.61 Å². The van der Waals surface area contributed by atoms with Gasteiger partial charge in [0.15, 0.2) is 0 Å². The molecule has 2 nitrogen and oxygen atoms in total. The lowest BCUT2D eigenvalue weighted by molar-refractivity contribution is -0.119. The van der Waals surface area contributed by atoms with Crippen molar-refractivity contribution >= 4 is 5.78 Å². The Bertz CT molecular complexity index is 379. The monoisotopic (exact) mass is 480 g/mol. The summed E-state index contributed by atoms with van der Waals surface area (Å²) in [5.74, 6) is 0.515. The van der Waals surface area contributed by atoms with E-state index in [0.29, 0.717) is 12.4 Å². The summed E-state index contributed by atoms with van der Waals surface area (Å²) in [5.41, 5.74) is 0. The maximum Gasteiger partial charge on any atom is 0.132 e. The van der Waals surface area contributed by atoms with E-state index in [1.807, 2.05) is 0 Å². The number of carbonyl (C=O) groups excluding carboxylic acids is 1. The van der Waals surface area contributed by atoms with Crippen molar-refractivity contribution in [3.8, 4) is 0 Å². The van der Waals surface area contributed by atoms with Crippen molar-refractivity contribution in [1.82, 2.24) is 0 Å². The topological polar surface area (TPSA) is 37.3 Å². The van der Waals surface area contributed by atoms with Gasteiger partial charge in [0.25, 0.3) is 0 Å². The summed E-state index contributed by atoms with van der Waals surface area (Å²) in [4.78, 5) is 12.0. The van der Waals surface area contributed by atoms with Gasteiger partial charge in [0.1, 0.15) is 5.78 Å². The fourth-order valence-electron chi connectivity index (χ4n) is 5.02. The lowest BCUT2D eigenvalue weighted by Gasteiger charge is -2.04. The van der Waals surface area contributed by atoms with Crippen LogP contribution >= 0.6 is 0 Å². The van der Waals surface area contributed by atoms with Crippen LogP contribution in [0.1, 0.15) is 193 Å². The summed E-state index contributed by atoms with van der Waals surface area (Å²) in [6, 6.07) is 0. The molecule has 0 aliphatic carbocycles. The molecule has 0 amide bonds. The van der Waals surface area contributed by atoms with Crippen LogP contribution in [0.5, 0.6) is 0 Å². The predicted octanol–water partition coefficient (Wildman–Crippen LogP) is 10.9. The van der Waals surface area contributed by atoms with Crippen molar-refractivity contribution in [2.24, 2.45) is 0 Å². The van der Waals surface area contributed by atoms with E-state index in [0.717, 1.165) is 32.1 Å². The highest BCUT2D eigenvalue weighted by Gasteiger charge is 2.02. The number of carbonyl (C=O) groups is 1. The van der Waals surface area contributed by atoms with Gasteiger partial charge in [0.05, 0.1) is 0 Å². The summed E-state index contributed by atoms with van der Waals surface area (Å²) in [6.07, 6.45) is 37.7. The molecule has 0 heterocycles. The highest BCUT2D eigenvalue weighted by molar-refractivity contribution is 5.78. The van der Waals surface area contributed by atoms with Gasteiger partial charge in [-0.15, -0.1) is 0 Å². The van der Waals surface area contributed by atoms with Crippen molar-refractivity contribution in [2.45, 2.75) is 193 Å². The first-order valence-corrected chi connectivity index (χ1v) is 15.9. The van der Waals surface area contributed by atoms with E-state index in [4.69, 9.17) is 5.11 Å². The molecular weight excluding hydrogens is 416 g/mol. The number of rotatable bonds is 30. The Morgan fingerprint density at radius 2 is 0.618 bits per heavy atom. The zero-order valence-corrected chi connectivity index (χ0v) is 23.6. The van der Waals surface area contributed by atoms with Crippen LogP contribution < -0.4 is 0 Å². The quantitative estimate of drug-likeness (QED) is 0.104. The summed E-state index contributed by atoms with van der Waals surface area (Å²) in [6.45, 7) is 2.64. The standard InChI is InChI=1S/C32H64O2/c1-2-3-4-5-6-7-17-20-23-26-29-32(34)30-27-24-21-18-15-13-11-9-8-10-12-14-16-19-22-25-28-31-33/h33H,2-31H2,1H3. The Morgan fingerprint density at radius 3 is 0.882 bits per heavy atom. The maximum atomic E-state index is 12.0. The fraction of sp³-hybridized carbons (Fsp3) is 0.969. The van der Waals surface area contributed by atoms with Crippen LogP contribution in [-0.2, 0) is 4.79 Å². The summed E-state index contributed by atoms with van der Waals surface area (Å²) in [5, 5.41) is 8.76. The van der Waals surface area contributed by atoms with E-state index in [-0.39, 0.29) is 0 Å². The van der Waals surface area contributed by atoms with Gasteiger partial charge in [-0.05, 0) is 19.3 Å². The van der Waals surface area contributed by atoms with Crippen LogP contribution in [0.4, 0.5) is 0 Å². The highest BCUT2D eigenvalue weighted by atomic mass is 16.2. The largest absolute Gasteiger partial charge is 0.396 e. The van der Waals surface area contributed by atoms with E-state index in [1.165, 1.54) is 154 Å². The molecular formula is C32H64O2. The molecule has 0 rings (SSSR count). The van der Waals surface area contributed by atoms with E-state index in [2.05, 4.69) is 6.92 Å². The zero-order chi connectivity index (χ0) is 24.8. The first kappa shape index (κ1) is 33.6. The molecule has 34 heavy (non-hydrogen) atoms. The molecule has 0 aromatic heterocycles. The van der Waals surface area contributed by atoms with Crippen molar-refractivity contribution in [3.05, 3.63) is 0 Å². The molecule has 0 aromatic rings. The van der Waals surface area contributed by atoms with Crippen molar-refractivity contribution < 1.29 is 9.90 Å². The predicted molar refractivity (Wildman–Crippen MR) is 152 cm³/mol. The number of aliphatic hydroxyl groups is 1. The molecule has 0 unspecified atom stereocenters. The van der Waals surface area contributed by atoms with Crippen LogP contribution in [-0.4, -0.2) is 17.5 Å². The van der Waals surface area contributed by atoms with Gasteiger partial charge in [-0.25, -0.2) is 0 Å². The lowest BCUT2D eigenvalue weighted by Crippen LogP contribution is -1.97. The maximum absolute atomic E-state index is 12.0. The average molecular weight is 481 g/mol. The van der Waals surface area contributed by atoms with Gasteiger partial charge >= 0.3 is 0 Å². The third-order valence-corrected chi connectivity index (χ3v) is 7.42. The summed E-state index contributed by atoms with van der Waals surface area (Å²) >= 11 is 0. The molecule has 0 spiro atoms. The Labute approximate surface area is 215 Å². The molecule has 204 valence electrons.